The summed E-state index contributed by atoms with van der Waals surface area (Å²) in [7, 11) is 0. The maximum Gasteiger partial charge on any atom is 0.217 e. The molecule has 0 aliphatic rings. The van der Waals surface area contributed by atoms with Gasteiger partial charge in [0, 0.05) is 0 Å². The molecule has 15 heavy (non-hydrogen) atoms. The zero-order valence-corrected chi connectivity index (χ0v) is 7.13. The summed E-state index contributed by atoms with van der Waals surface area (Å²) in [6.07, 6.45) is 1.11. The van der Waals surface area contributed by atoms with Crippen LogP contribution in [-0.2, 0) is 0 Å². The molecule has 0 aliphatic heterocycles. The van der Waals surface area contributed by atoms with Gasteiger partial charge in [0.15, 0.2) is 0 Å². The number of aromatic nitrogens is 6. The molecule has 12 heteroatoms. The molecule has 2 heterocycles. The maximum atomic E-state index is 10.0. The SMILES string of the molecule is O=[N+]([O-])[N-]c1nnc2nncnn12.[NH3+]O. The fourth-order valence-corrected chi connectivity index (χ4v) is 0.717. The van der Waals surface area contributed by atoms with E-state index in [9.17, 15) is 10.1 Å². The van der Waals surface area contributed by atoms with Crippen LogP contribution in [0.1, 0.15) is 0 Å². The summed E-state index contributed by atoms with van der Waals surface area (Å²) in [6, 6.07) is 0. The van der Waals surface area contributed by atoms with Gasteiger partial charge in [-0.1, -0.05) is 5.43 Å². The highest BCUT2D eigenvalue weighted by Gasteiger charge is 2.01. The first kappa shape index (κ1) is 10.6. The van der Waals surface area contributed by atoms with E-state index >= 15 is 0 Å². The molecule has 80 valence electrons. The minimum atomic E-state index is -0.890. The molecule has 0 amide bonds. The van der Waals surface area contributed by atoms with Crippen LogP contribution in [0, 0.1) is 10.1 Å². The van der Waals surface area contributed by atoms with Gasteiger partial charge in [-0.2, -0.15) is 5.10 Å². The summed E-state index contributed by atoms with van der Waals surface area (Å²) in [5.74, 6) is 2.07. The van der Waals surface area contributed by atoms with Crippen molar-refractivity contribution in [3.05, 3.63) is 21.9 Å². The van der Waals surface area contributed by atoms with Crippen LogP contribution < -0.4 is 5.90 Å². The molecule has 0 bridgehead atoms. The topological polar surface area (TPSA) is 174 Å². The van der Waals surface area contributed by atoms with Crippen LogP contribution in [0.15, 0.2) is 6.33 Å². The molecule has 0 saturated heterocycles. The third-order valence-electron chi connectivity index (χ3n) is 1.14. The highest BCUT2D eigenvalue weighted by Crippen LogP contribution is 2.11. The zero-order valence-electron chi connectivity index (χ0n) is 7.13. The number of hydrogen-bond acceptors (Lipinski definition) is 8. The number of hydrogen-bond donors (Lipinski definition) is 2. The van der Waals surface area contributed by atoms with Crippen LogP contribution in [0.25, 0.3) is 11.2 Å². The molecule has 2 aromatic heterocycles. The smallest absolute Gasteiger partial charge is 0.217 e. The summed E-state index contributed by atoms with van der Waals surface area (Å²) in [6.45, 7) is 0. The Hall–Kier alpha value is -2.47. The van der Waals surface area contributed by atoms with Gasteiger partial charge in [-0.15, -0.1) is 10.2 Å². The average molecular weight is 215 g/mol. The minimum Gasteiger partial charge on any atom is -0.265 e. The van der Waals surface area contributed by atoms with Crippen molar-refractivity contribution in [2.45, 2.75) is 0 Å². The average Bonchev–Trinajstić information content (AvgIpc) is 2.64. The van der Waals surface area contributed by atoms with Crippen LogP contribution in [0.2, 0.25) is 0 Å². The molecular formula is C3H5N9O3. The Morgan fingerprint density at radius 3 is 2.87 bits per heavy atom. The Morgan fingerprint density at radius 1 is 1.47 bits per heavy atom. The normalized spacial score (nSPS) is 9.20. The third kappa shape index (κ3) is 2.26. The molecule has 0 spiro atoms. The van der Waals surface area contributed by atoms with E-state index < -0.39 is 5.03 Å². The van der Waals surface area contributed by atoms with Crippen molar-refractivity contribution in [1.82, 2.24) is 30.0 Å². The van der Waals surface area contributed by atoms with Gasteiger partial charge in [0.05, 0.1) is 0 Å². The largest absolute Gasteiger partial charge is 0.265 e. The minimum absolute atomic E-state index is 0.0584. The van der Waals surface area contributed by atoms with Crippen LogP contribution in [0.4, 0.5) is 5.95 Å². The van der Waals surface area contributed by atoms with Crippen LogP contribution >= 0.6 is 0 Å². The number of fused-ring (bicyclic) bond motifs is 1. The van der Waals surface area contributed by atoms with E-state index in [1.807, 2.05) is 0 Å². The molecular weight excluding hydrogens is 210 g/mol. The van der Waals surface area contributed by atoms with Gasteiger partial charge in [0.2, 0.25) is 5.78 Å². The molecule has 0 fully saturated rings. The van der Waals surface area contributed by atoms with Crippen molar-refractivity contribution in [2.24, 2.45) is 0 Å². The molecule has 0 aliphatic carbocycles. The van der Waals surface area contributed by atoms with Crippen molar-refractivity contribution in [3.8, 4) is 0 Å². The van der Waals surface area contributed by atoms with E-state index in [4.69, 9.17) is 5.21 Å². The van der Waals surface area contributed by atoms with Gasteiger partial charge in [-0.3, -0.25) is 9.61 Å². The van der Waals surface area contributed by atoms with Gasteiger partial charge in [-0.25, -0.2) is 26.3 Å². The maximum absolute atomic E-state index is 10.0. The highest BCUT2D eigenvalue weighted by atomic mass is 16.7. The van der Waals surface area contributed by atoms with E-state index in [1.165, 1.54) is 0 Å². The van der Waals surface area contributed by atoms with Crippen LogP contribution in [0.5, 0.6) is 0 Å². The Kier molecular flexibility index (Phi) is 3.31. The molecule has 0 unspecified atom stereocenters. The number of rotatable bonds is 2. The summed E-state index contributed by atoms with van der Waals surface area (Å²) in [5.41, 5.74) is 2.93. The number of nitrogens with zero attached hydrogens (tertiary/aromatic N) is 8. The second kappa shape index (κ2) is 4.68. The third-order valence-corrected chi connectivity index (χ3v) is 1.14. The van der Waals surface area contributed by atoms with E-state index in [-0.39, 0.29) is 11.7 Å². The van der Waals surface area contributed by atoms with Crippen molar-refractivity contribution in [3.63, 3.8) is 0 Å². The lowest BCUT2D eigenvalue weighted by Gasteiger charge is -1.98. The molecule has 0 radical (unpaired) electrons. The predicted octanol–water partition coefficient (Wildman–Crippen LogP) is -2.27. The van der Waals surface area contributed by atoms with E-state index in [0.29, 0.717) is 0 Å². The van der Waals surface area contributed by atoms with Gasteiger partial charge in [-0.05, 0) is 0 Å². The van der Waals surface area contributed by atoms with Crippen molar-refractivity contribution in [1.29, 1.82) is 0 Å². The van der Waals surface area contributed by atoms with Gasteiger partial charge < -0.3 is 0 Å². The second-order valence-electron chi connectivity index (χ2n) is 1.90. The molecule has 2 rings (SSSR count). The summed E-state index contributed by atoms with van der Waals surface area (Å²) >= 11 is 0. The molecule has 0 aromatic carbocycles. The first-order valence-corrected chi connectivity index (χ1v) is 3.34. The van der Waals surface area contributed by atoms with Gasteiger partial charge >= 0.3 is 0 Å². The van der Waals surface area contributed by atoms with Crippen LogP contribution in [0.3, 0.4) is 0 Å². The molecule has 0 saturated carbocycles. The lowest BCUT2D eigenvalue weighted by molar-refractivity contribution is -0.670. The Balaban J connectivity index is 0.000000531. The van der Waals surface area contributed by atoms with Crippen molar-refractivity contribution < 1.29 is 16.1 Å². The van der Waals surface area contributed by atoms with E-state index in [0.717, 1.165) is 10.8 Å². The fraction of sp³-hybridized carbons (Fsp3) is 0. The van der Waals surface area contributed by atoms with E-state index in [2.05, 4.69) is 36.8 Å². The summed E-state index contributed by atoms with van der Waals surface area (Å²) in [5, 5.41) is 33.2. The molecule has 0 atom stereocenters. The van der Waals surface area contributed by atoms with Crippen molar-refractivity contribution in [2.75, 3.05) is 0 Å². The number of nitro groups is 1. The summed E-state index contributed by atoms with van der Waals surface area (Å²) < 4.78 is 1.01. The quantitative estimate of drug-likeness (QED) is 0.416. The standard InChI is InChI=1S/C3HN8O2.H4NO/c12-11(13)9-3-8-7-2-6-4-1-5-10(2)3;1-2/h1H;2H,1H3/q-1;+1. The Bertz CT molecular complexity index is 453. The predicted molar refractivity (Wildman–Crippen MR) is 41.1 cm³/mol. The first-order chi connectivity index (χ1) is 7.27. The van der Waals surface area contributed by atoms with Gasteiger partial charge in [0.25, 0.3) is 0 Å². The van der Waals surface area contributed by atoms with Crippen LogP contribution in [-0.4, -0.2) is 40.2 Å². The zero-order chi connectivity index (χ0) is 11.3. The van der Waals surface area contributed by atoms with Crippen molar-refractivity contribution >= 4 is 11.7 Å². The number of quaternary nitrogens is 1. The first-order valence-electron chi connectivity index (χ1n) is 3.34. The molecule has 2 aromatic rings. The summed E-state index contributed by atoms with van der Waals surface area (Å²) in [4.78, 5) is 10.0. The lowest BCUT2D eigenvalue weighted by Crippen LogP contribution is -2.42. The Morgan fingerprint density at radius 2 is 2.20 bits per heavy atom. The highest BCUT2D eigenvalue weighted by molar-refractivity contribution is 5.36. The van der Waals surface area contributed by atoms with Gasteiger partial charge in [0.1, 0.15) is 17.3 Å². The lowest BCUT2D eigenvalue weighted by atomic mass is 11.0. The Labute approximate surface area is 80.8 Å². The molecule has 4 N–H and O–H groups in total. The monoisotopic (exact) mass is 215 g/mol. The van der Waals surface area contributed by atoms with E-state index in [1.54, 1.807) is 0 Å². The molecule has 12 nitrogen and oxygen atoms in total. The second-order valence-corrected chi connectivity index (χ2v) is 1.90. The fourth-order valence-electron chi connectivity index (χ4n) is 0.717.